The molecule has 2 N–H and O–H groups in total. The van der Waals surface area contributed by atoms with Crippen LogP contribution in [0.3, 0.4) is 0 Å². The zero-order valence-electron chi connectivity index (χ0n) is 20.7. The van der Waals surface area contributed by atoms with Crippen molar-refractivity contribution in [3.05, 3.63) is 99.0 Å². The maximum Gasteiger partial charge on any atom is 0.274 e. The number of carbonyl (C=O) groups is 2. The molecule has 1 aliphatic carbocycles. The van der Waals surface area contributed by atoms with Crippen molar-refractivity contribution < 1.29 is 28.2 Å². The third kappa shape index (κ3) is 4.56. The summed E-state index contributed by atoms with van der Waals surface area (Å²) in [5, 5.41) is 13.2. The van der Waals surface area contributed by atoms with E-state index in [-0.39, 0.29) is 29.5 Å². The maximum atomic E-state index is 14.0. The number of pyridine rings is 1. The molecule has 1 aliphatic heterocycles. The van der Waals surface area contributed by atoms with Crippen LogP contribution in [0.4, 0.5) is 8.78 Å². The van der Waals surface area contributed by atoms with Crippen molar-refractivity contribution in [2.45, 2.75) is 44.6 Å². The molecule has 1 fully saturated rings. The first kappa shape index (κ1) is 25.6. The first-order valence-corrected chi connectivity index (χ1v) is 12.4. The first-order chi connectivity index (χ1) is 18.2. The number of nitrogens with zero attached hydrogens (tertiary/aromatic N) is 2. The number of benzene rings is 2. The van der Waals surface area contributed by atoms with E-state index in [9.17, 15) is 28.3 Å². The highest BCUT2D eigenvalue weighted by molar-refractivity contribution is 5.99. The minimum atomic E-state index is -0.994. The van der Waals surface area contributed by atoms with Crippen LogP contribution in [-0.4, -0.2) is 45.6 Å². The summed E-state index contributed by atoms with van der Waals surface area (Å²) in [6.45, 7) is 2.67. The van der Waals surface area contributed by atoms with Crippen LogP contribution in [0.25, 0.3) is 0 Å². The van der Waals surface area contributed by atoms with Gasteiger partial charge in [-0.15, -0.1) is 0 Å². The van der Waals surface area contributed by atoms with Crippen molar-refractivity contribution in [2.75, 3.05) is 13.1 Å². The molecule has 0 radical (unpaired) electrons. The second-order valence-electron chi connectivity index (χ2n) is 9.73. The fourth-order valence-corrected chi connectivity index (χ4v) is 5.21. The zero-order valence-corrected chi connectivity index (χ0v) is 20.7. The number of aromatic nitrogens is 1. The zero-order chi connectivity index (χ0) is 27.0. The van der Waals surface area contributed by atoms with Gasteiger partial charge in [0, 0.05) is 37.5 Å². The minimum Gasteiger partial charge on any atom is -0.503 e. The van der Waals surface area contributed by atoms with Gasteiger partial charge in [-0.05, 0) is 31.4 Å². The van der Waals surface area contributed by atoms with E-state index < -0.39 is 40.2 Å². The molecule has 10 heteroatoms. The molecule has 8 nitrogen and oxygen atoms in total. The number of amides is 2. The number of fused-ring (bicyclic) bond motifs is 2. The lowest BCUT2D eigenvalue weighted by Gasteiger charge is -2.54. The highest BCUT2D eigenvalue weighted by Gasteiger charge is 2.52. The molecule has 0 unspecified atom stereocenters. The molecule has 0 atom stereocenters. The van der Waals surface area contributed by atoms with E-state index in [2.05, 4.69) is 5.32 Å². The van der Waals surface area contributed by atoms with Crippen LogP contribution in [0.15, 0.2) is 59.5 Å². The highest BCUT2D eigenvalue weighted by Crippen LogP contribution is 2.46. The van der Waals surface area contributed by atoms with E-state index in [1.165, 1.54) is 16.8 Å². The summed E-state index contributed by atoms with van der Waals surface area (Å²) < 4.78 is 34.8. The molecule has 5 rings (SSSR count). The van der Waals surface area contributed by atoms with Crippen LogP contribution in [0.5, 0.6) is 5.75 Å². The molecule has 1 aromatic heterocycles. The number of nitrogens with one attached hydrogen (secondary N) is 1. The summed E-state index contributed by atoms with van der Waals surface area (Å²) in [5.74, 6) is -3.74. The molecule has 198 valence electrons. The van der Waals surface area contributed by atoms with Crippen molar-refractivity contribution in [2.24, 2.45) is 0 Å². The van der Waals surface area contributed by atoms with Crippen molar-refractivity contribution in [1.82, 2.24) is 14.8 Å². The van der Waals surface area contributed by atoms with Gasteiger partial charge >= 0.3 is 0 Å². The maximum absolute atomic E-state index is 14.0. The number of halogens is 2. The molecule has 2 heterocycles. The van der Waals surface area contributed by atoms with Gasteiger partial charge in [-0.1, -0.05) is 36.4 Å². The number of hydrogen-bond donors (Lipinski definition) is 2. The van der Waals surface area contributed by atoms with E-state index in [4.69, 9.17) is 4.74 Å². The third-order valence-corrected chi connectivity index (χ3v) is 7.29. The van der Waals surface area contributed by atoms with E-state index in [0.717, 1.165) is 11.6 Å². The fraction of sp³-hybridized carbons (Fsp3) is 0.321. The Kier molecular flexibility index (Phi) is 6.75. The first-order valence-electron chi connectivity index (χ1n) is 12.4. The van der Waals surface area contributed by atoms with E-state index in [0.29, 0.717) is 38.6 Å². The number of carbonyl (C=O) groups excluding carboxylic acids is 2. The number of rotatable bonds is 7. The van der Waals surface area contributed by atoms with Gasteiger partial charge in [-0.2, -0.15) is 0 Å². The molecular formula is C28H27F2N3O5. The van der Waals surface area contributed by atoms with Crippen molar-refractivity contribution in [3.63, 3.8) is 0 Å². The molecular weight excluding hydrogens is 496 g/mol. The SMILES string of the molecule is CCN1CC2(CC(OCc3ccccc3)C2)n2cc(C(=O)NCc3ccc(F)cc3F)c(=O)c(O)c2C1=O. The van der Waals surface area contributed by atoms with Gasteiger partial charge in [0.25, 0.3) is 11.8 Å². The summed E-state index contributed by atoms with van der Waals surface area (Å²) in [5.41, 5.74) is -1.13. The molecule has 1 spiro atoms. The van der Waals surface area contributed by atoms with E-state index in [1.807, 2.05) is 37.3 Å². The quantitative estimate of drug-likeness (QED) is 0.495. The van der Waals surface area contributed by atoms with Crippen molar-refractivity contribution >= 4 is 11.8 Å². The van der Waals surface area contributed by atoms with E-state index >= 15 is 0 Å². The van der Waals surface area contributed by atoms with Gasteiger partial charge in [0.1, 0.15) is 17.2 Å². The molecule has 0 bridgehead atoms. The van der Waals surface area contributed by atoms with Gasteiger partial charge in [0.15, 0.2) is 11.4 Å². The molecule has 3 aromatic rings. The van der Waals surface area contributed by atoms with Crippen LogP contribution in [0, 0.1) is 11.6 Å². The van der Waals surface area contributed by atoms with Crippen LogP contribution >= 0.6 is 0 Å². The third-order valence-electron chi connectivity index (χ3n) is 7.29. The molecule has 2 amide bonds. The number of aromatic hydroxyl groups is 1. The lowest BCUT2D eigenvalue weighted by molar-refractivity contribution is -0.0944. The molecule has 2 aliphatic rings. The number of ether oxygens (including phenoxy) is 1. The summed E-state index contributed by atoms with van der Waals surface area (Å²) >= 11 is 0. The Hall–Kier alpha value is -4.05. The van der Waals surface area contributed by atoms with Gasteiger partial charge in [-0.25, -0.2) is 8.78 Å². The Labute approximate surface area is 217 Å². The van der Waals surface area contributed by atoms with Crippen molar-refractivity contribution in [1.29, 1.82) is 0 Å². The topological polar surface area (TPSA) is 101 Å². The van der Waals surface area contributed by atoms with Gasteiger partial charge in [0.2, 0.25) is 5.43 Å². The Balaban J connectivity index is 1.41. The summed E-state index contributed by atoms with van der Waals surface area (Å²) in [6.07, 6.45) is 2.21. The van der Waals surface area contributed by atoms with Crippen LogP contribution < -0.4 is 10.7 Å². The summed E-state index contributed by atoms with van der Waals surface area (Å²) in [6, 6.07) is 12.7. The summed E-state index contributed by atoms with van der Waals surface area (Å²) in [4.78, 5) is 40.6. The van der Waals surface area contributed by atoms with Gasteiger partial charge in [-0.3, -0.25) is 14.4 Å². The predicted molar refractivity (Wildman–Crippen MR) is 134 cm³/mol. The lowest BCUT2D eigenvalue weighted by atomic mass is 9.71. The second-order valence-corrected chi connectivity index (χ2v) is 9.73. The molecule has 0 saturated heterocycles. The fourth-order valence-electron chi connectivity index (χ4n) is 5.21. The average molecular weight is 524 g/mol. The monoisotopic (exact) mass is 523 g/mol. The van der Waals surface area contributed by atoms with Crippen molar-refractivity contribution in [3.8, 4) is 5.75 Å². The molecule has 38 heavy (non-hydrogen) atoms. The normalized spacial score (nSPS) is 20.2. The number of hydrogen-bond acceptors (Lipinski definition) is 5. The summed E-state index contributed by atoms with van der Waals surface area (Å²) in [7, 11) is 0. The largest absolute Gasteiger partial charge is 0.503 e. The number of likely N-dealkylation sites (N-methyl/N-ethyl adjacent to an activating group) is 1. The standard InChI is InChI=1S/C28H27F2N3O5/c1-2-32-16-28(11-20(12-28)38-15-17-6-4-3-5-7-17)33-14-21(24(34)25(35)23(33)27(32)37)26(36)31-13-18-8-9-19(29)10-22(18)30/h3-10,14,20,35H,2,11-13,15-16H2,1H3,(H,31,36). The highest BCUT2D eigenvalue weighted by atomic mass is 19.1. The van der Waals surface area contributed by atoms with Gasteiger partial charge < -0.3 is 24.6 Å². The smallest absolute Gasteiger partial charge is 0.274 e. The van der Waals surface area contributed by atoms with E-state index in [1.54, 1.807) is 4.90 Å². The minimum absolute atomic E-state index is 0.0321. The van der Waals surface area contributed by atoms with Crippen LogP contribution in [0.1, 0.15) is 51.7 Å². The second kappa shape index (κ2) is 10.0. The van der Waals surface area contributed by atoms with Gasteiger partial charge in [0.05, 0.1) is 18.2 Å². The Bertz CT molecular complexity index is 1450. The Morgan fingerprint density at radius 2 is 1.89 bits per heavy atom. The van der Waals surface area contributed by atoms with Crippen LogP contribution in [0.2, 0.25) is 0 Å². The molecule has 2 aromatic carbocycles. The predicted octanol–water partition coefficient (Wildman–Crippen LogP) is 3.31. The lowest BCUT2D eigenvalue weighted by Crippen LogP contribution is -2.62. The molecule has 1 saturated carbocycles. The van der Waals surface area contributed by atoms with Crippen LogP contribution in [-0.2, 0) is 23.4 Å². The Morgan fingerprint density at radius 1 is 1.16 bits per heavy atom. The average Bonchev–Trinajstić information content (AvgIpc) is 2.88. The Morgan fingerprint density at radius 3 is 2.58 bits per heavy atom.